The fraction of sp³-hybridized carbons (Fsp3) is 0.318. The second-order valence-corrected chi connectivity index (χ2v) is 9.91. The molecule has 1 unspecified atom stereocenters. The molecule has 2 aromatic rings. The second kappa shape index (κ2) is 8.71. The van der Waals surface area contributed by atoms with E-state index in [-0.39, 0.29) is 10.6 Å². The molecule has 1 aliphatic heterocycles. The van der Waals surface area contributed by atoms with Crippen LogP contribution in [-0.2, 0) is 25.2 Å². The van der Waals surface area contributed by atoms with E-state index in [9.17, 15) is 22.8 Å². The molecule has 0 spiro atoms. The predicted molar refractivity (Wildman–Crippen MR) is 119 cm³/mol. The minimum Gasteiger partial charge on any atom is -0.324 e. The van der Waals surface area contributed by atoms with Crippen molar-refractivity contribution in [2.75, 3.05) is 26.0 Å². The number of carbonyl (C=O) groups is 3. The average molecular weight is 459 g/mol. The number of anilines is 1. The summed E-state index contributed by atoms with van der Waals surface area (Å²) >= 11 is 0. The zero-order valence-corrected chi connectivity index (χ0v) is 19.2. The highest BCUT2D eigenvalue weighted by atomic mass is 32.2. The van der Waals surface area contributed by atoms with Gasteiger partial charge in [0.15, 0.2) is 0 Å². The standard InChI is InChI=1S/C22H26N4O5S/c1-5-22(16-9-7-6-8-10-16)20(28)26(21(29)24-22)14-19(27)23-18-13-17(12-11-15(18)2)32(30,31)25(3)4/h6-13H,5,14H2,1-4H3,(H,23,27)(H,24,29). The van der Waals surface area contributed by atoms with Gasteiger partial charge in [0.05, 0.1) is 4.90 Å². The third-order valence-corrected chi connectivity index (χ3v) is 7.35. The maximum absolute atomic E-state index is 13.2. The Morgan fingerprint density at radius 2 is 1.78 bits per heavy atom. The Bertz CT molecular complexity index is 1160. The summed E-state index contributed by atoms with van der Waals surface area (Å²) in [5, 5.41) is 5.35. The van der Waals surface area contributed by atoms with Gasteiger partial charge in [0.2, 0.25) is 15.9 Å². The van der Waals surface area contributed by atoms with Crippen LogP contribution in [0.1, 0.15) is 24.5 Å². The molecule has 1 fully saturated rings. The van der Waals surface area contributed by atoms with Crippen LogP contribution in [0.3, 0.4) is 0 Å². The van der Waals surface area contributed by atoms with Gasteiger partial charge in [-0.05, 0) is 36.6 Å². The molecule has 10 heteroatoms. The van der Waals surface area contributed by atoms with Crippen molar-refractivity contribution in [2.24, 2.45) is 0 Å². The van der Waals surface area contributed by atoms with E-state index in [0.29, 0.717) is 17.5 Å². The van der Waals surface area contributed by atoms with Crippen LogP contribution in [0.4, 0.5) is 10.5 Å². The first-order valence-electron chi connectivity index (χ1n) is 10.1. The zero-order valence-electron chi connectivity index (χ0n) is 18.4. The molecule has 1 aliphatic rings. The van der Waals surface area contributed by atoms with Crippen LogP contribution >= 0.6 is 0 Å². The number of hydrogen-bond donors (Lipinski definition) is 2. The summed E-state index contributed by atoms with van der Waals surface area (Å²) in [4.78, 5) is 39.3. The molecule has 0 saturated carbocycles. The number of amides is 4. The highest BCUT2D eigenvalue weighted by Crippen LogP contribution is 2.32. The normalized spacial score (nSPS) is 18.7. The van der Waals surface area contributed by atoms with Gasteiger partial charge < -0.3 is 10.6 Å². The molecule has 32 heavy (non-hydrogen) atoms. The minimum atomic E-state index is -3.69. The Hall–Kier alpha value is -3.24. The lowest BCUT2D eigenvalue weighted by Crippen LogP contribution is -2.44. The molecule has 1 atom stereocenters. The lowest BCUT2D eigenvalue weighted by Gasteiger charge is -2.25. The van der Waals surface area contributed by atoms with Gasteiger partial charge in [-0.25, -0.2) is 17.5 Å². The summed E-state index contributed by atoms with van der Waals surface area (Å²) in [5.74, 6) is -1.12. The Kier molecular flexibility index (Phi) is 6.38. The van der Waals surface area contributed by atoms with Crippen LogP contribution in [-0.4, -0.2) is 56.1 Å². The van der Waals surface area contributed by atoms with Gasteiger partial charge in [-0.3, -0.25) is 14.5 Å². The molecule has 170 valence electrons. The lowest BCUT2D eigenvalue weighted by molar-refractivity contribution is -0.134. The molecular formula is C22H26N4O5S. The number of hydrogen-bond acceptors (Lipinski definition) is 5. The maximum atomic E-state index is 13.2. The first-order valence-corrected chi connectivity index (χ1v) is 11.5. The smallest absolute Gasteiger partial charge is 0.324 e. The Labute approximate surface area is 187 Å². The summed E-state index contributed by atoms with van der Waals surface area (Å²) in [5.41, 5.74) is 0.338. The Morgan fingerprint density at radius 1 is 1.12 bits per heavy atom. The topological polar surface area (TPSA) is 116 Å². The Balaban J connectivity index is 1.81. The number of benzene rings is 2. The van der Waals surface area contributed by atoms with E-state index in [1.165, 1.54) is 26.2 Å². The first-order chi connectivity index (χ1) is 15.0. The zero-order chi connectivity index (χ0) is 23.7. The van der Waals surface area contributed by atoms with Gasteiger partial charge in [-0.1, -0.05) is 43.3 Å². The fourth-order valence-corrected chi connectivity index (χ4v) is 4.50. The lowest BCUT2D eigenvalue weighted by atomic mass is 9.87. The van der Waals surface area contributed by atoms with Gasteiger partial charge >= 0.3 is 6.03 Å². The molecule has 1 heterocycles. The van der Waals surface area contributed by atoms with Crippen molar-refractivity contribution < 1.29 is 22.8 Å². The maximum Gasteiger partial charge on any atom is 0.325 e. The van der Waals surface area contributed by atoms with Gasteiger partial charge in [0, 0.05) is 19.8 Å². The molecule has 9 nitrogen and oxygen atoms in total. The van der Waals surface area contributed by atoms with E-state index in [1.807, 2.05) is 6.07 Å². The molecule has 4 amide bonds. The number of carbonyl (C=O) groups excluding carboxylic acids is 3. The summed E-state index contributed by atoms with van der Waals surface area (Å²) in [6.45, 7) is 3.01. The number of nitrogens with one attached hydrogen (secondary N) is 2. The number of aryl methyl sites for hydroxylation is 1. The quantitative estimate of drug-likeness (QED) is 0.616. The number of rotatable bonds is 7. The molecule has 0 aromatic heterocycles. The van der Waals surface area contributed by atoms with Crippen molar-refractivity contribution in [3.8, 4) is 0 Å². The van der Waals surface area contributed by atoms with Crippen molar-refractivity contribution in [1.82, 2.24) is 14.5 Å². The van der Waals surface area contributed by atoms with E-state index >= 15 is 0 Å². The highest BCUT2D eigenvalue weighted by molar-refractivity contribution is 7.89. The summed E-state index contributed by atoms with van der Waals surface area (Å²) < 4.78 is 25.9. The van der Waals surface area contributed by atoms with Gasteiger partial charge in [0.1, 0.15) is 12.1 Å². The van der Waals surface area contributed by atoms with Crippen molar-refractivity contribution >= 4 is 33.6 Å². The van der Waals surface area contributed by atoms with E-state index in [2.05, 4.69) is 10.6 Å². The second-order valence-electron chi connectivity index (χ2n) is 7.76. The Morgan fingerprint density at radius 3 is 2.38 bits per heavy atom. The SMILES string of the molecule is CCC1(c2ccccc2)NC(=O)N(CC(=O)Nc2cc(S(=O)(=O)N(C)C)ccc2C)C1=O. The molecule has 0 bridgehead atoms. The molecule has 2 aromatic carbocycles. The summed E-state index contributed by atoms with van der Waals surface area (Å²) in [7, 11) is -0.859. The van der Waals surface area contributed by atoms with Crippen molar-refractivity contribution in [1.29, 1.82) is 0 Å². The monoisotopic (exact) mass is 458 g/mol. The van der Waals surface area contributed by atoms with Gasteiger partial charge in [0.25, 0.3) is 5.91 Å². The van der Waals surface area contributed by atoms with E-state index in [0.717, 1.165) is 9.21 Å². The molecular weight excluding hydrogens is 432 g/mol. The average Bonchev–Trinajstić information content (AvgIpc) is 3.00. The van der Waals surface area contributed by atoms with E-state index in [4.69, 9.17) is 0 Å². The summed E-state index contributed by atoms with van der Waals surface area (Å²) in [6.07, 6.45) is 0.323. The van der Waals surface area contributed by atoms with Crippen molar-refractivity contribution in [3.63, 3.8) is 0 Å². The number of nitrogens with zero attached hydrogens (tertiary/aromatic N) is 2. The molecule has 2 N–H and O–H groups in total. The third-order valence-electron chi connectivity index (χ3n) is 5.54. The van der Waals surface area contributed by atoms with Crippen LogP contribution in [0.25, 0.3) is 0 Å². The van der Waals surface area contributed by atoms with E-state index < -0.39 is 40.0 Å². The number of urea groups is 1. The third kappa shape index (κ3) is 4.11. The van der Waals surface area contributed by atoms with Gasteiger partial charge in [-0.15, -0.1) is 0 Å². The van der Waals surface area contributed by atoms with Crippen LogP contribution < -0.4 is 10.6 Å². The summed E-state index contributed by atoms with van der Waals surface area (Å²) in [6, 6.07) is 12.6. The van der Waals surface area contributed by atoms with Crippen LogP contribution in [0, 0.1) is 6.92 Å². The van der Waals surface area contributed by atoms with Crippen LogP contribution in [0.5, 0.6) is 0 Å². The van der Waals surface area contributed by atoms with Crippen molar-refractivity contribution in [2.45, 2.75) is 30.7 Å². The van der Waals surface area contributed by atoms with E-state index in [1.54, 1.807) is 44.2 Å². The predicted octanol–water partition coefficient (Wildman–Crippen LogP) is 2.04. The minimum absolute atomic E-state index is 0.0208. The highest BCUT2D eigenvalue weighted by Gasteiger charge is 2.51. The van der Waals surface area contributed by atoms with Gasteiger partial charge in [-0.2, -0.15) is 0 Å². The number of sulfonamides is 1. The molecule has 0 aliphatic carbocycles. The van der Waals surface area contributed by atoms with Crippen LogP contribution in [0.2, 0.25) is 0 Å². The largest absolute Gasteiger partial charge is 0.325 e. The molecule has 0 radical (unpaired) electrons. The fourth-order valence-electron chi connectivity index (χ4n) is 3.57. The molecule has 1 saturated heterocycles. The molecule has 3 rings (SSSR count). The first kappa shape index (κ1) is 23.4. The number of imide groups is 1. The van der Waals surface area contributed by atoms with Crippen molar-refractivity contribution in [3.05, 3.63) is 59.7 Å². The van der Waals surface area contributed by atoms with Crippen LogP contribution in [0.15, 0.2) is 53.4 Å².